The summed E-state index contributed by atoms with van der Waals surface area (Å²) in [5.41, 5.74) is 2.15. The number of hydrogen-bond acceptors (Lipinski definition) is 3. The van der Waals surface area contributed by atoms with Crippen LogP contribution in [0.15, 0.2) is 35.7 Å². The highest BCUT2D eigenvalue weighted by Gasteiger charge is 2.28. The fourth-order valence-electron chi connectivity index (χ4n) is 2.55. The van der Waals surface area contributed by atoms with Crippen LogP contribution in [0, 0.1) is 6.92 Å². The summed E-state index contributed by atoms with van der Waals surface area (Å²) in [4.78, 5) is 1.24. The third-order valence-corrected chi connectivity index (χ3v) is 4.36. The molecule has 0 aliphatic carbocycles. The minimum atomic E-state index is -0.431. The van der Waals surface area contributed by atoms with E-state index in [-0.39, 0.29) is 5.92 Å². The second-order valence-corrected chi connectivity index (χ2v) is 5.83. The number of fused-ring (bicyclic) bond motifs is 1. The van der Waals surface area contributed by atoms with Gasteiger partial charge in [-0.2, -0.15) is 0 Å². The first-order valence-electron chi connectivity index (χ1n) is 6.20. The number of ether oxygens (including phenoxy) is 1. The van der Waals surface area contributed by atoms with Crippen molar-refractivity contribution in [3.05, 3.63) is 51.7 Å². The van der Waals surface area contributed by atoms with E-state index in [0.717, 1.165) is 23.3 Å². The molecule has 1 aliphatic rings. The SMILES string of the molecule is Cc1cc(C(O)C2CCOc3ccccc32)cs1. The Morgan fingerprint density at radius 3 is 3.00 bits per heavy atom. The molecule has 0 saturated carbocycles. The largest absolute Gasteiger partial charge is 0.493 e. The van der Waals surface area contributed by atoms with Crippen LogP contribution in [0.4, 0.5) is 0 Å². The number of benzene rings is 1. The Bertz CT molecular complexity index is 547. The molecule has 1 aliphatic heterocycles. The Morgan fingerprint density at radius 2 is 2.22 bits per heavy atom. The Kier molecular flexibility index (Phi) is 3.10. The third kappa shape index (κ3) is 2.04. The number of aliphatic hydroxyl groups excluding tert-OH is 1. The predicted molar refractivity (Wildman–Crippen MR) is 73.3 cm³/mol. The van der Waals surface area contributed by atoms with Crippen LogP contribution in [0.3, 0.4) is 0 Å². The summed E-state index contributed by atoms with van der Waals surface area (Å²) in [5, 5.41) is 12.6. The maximum absolute atomic E-state index is 10.6. The maximum Gasteiger partial charge on any atom is 0.122 e. The molecule has 0 spiro atoms. The van der Waals surface area contributed by atoms with E-state index in [1.165, 1.54) is 4.88 Å². The van der Waals surface area contributed by atoms with Gasteiger partial charge in [0, 0.05) is 16.4 Å². The van der Waals surface area contributed by atoms with Crippen molar-refractivity contribution in [2.45, 2.75) is 25.4 Å². The first-order chi connectivity index (χ1) is 8.75. The van der Waals surface area contributed by atoms with Gasteiger partial charge in [0.1, 0.15) is 5.75 Å². The van der Waals surface area contributed by atoms with Crippen molar-refractivity contribution in [3.8, 4) is 5.75 Å². The van der Waals surface area contributed by atoms with Crippen LogP contribution in [0.2, 0.25) is 0 Å². The highest BCUT2D eigenvalue weighted by molar-refractivity contribution is 7.10. The fraction of sp³-hybridized carbons (Fsp3) is 0.333. The zero-order valence-electron chi connectivity index (χ0n) is 10.3. The van der Waals surface area contributed by atoms with Crippen LogP contribution in [-0.4, -0.2) is 11.7 Å². The molecule has 1 aromatic carbocycles. The second kappa shape index (κ2) is 4.75. The first-order valence-corrected chi connectivity index (χ1v) is 7.08. The smallest absolute Gasteiger partial charge is 0.122 e. The van der Waals surface area contributed by atoms with Gasteiger partial charge in [-0.15, -0.1) is 11.3 Å². The van der Waals surface area contributed by atoms with Crippen molar-refractivity contribution in [2.75, 3.05) is 6.61 Å². The summed E-state index contributed by atoms with van der Waals surface area (Å²) in [6.45, 7) is 2.75. The average molecular weight is 260 g/mol. The number of para-hydroxylation sites is 1. The van der Waals surface area contributed by atoms with E-state index in [2.05, 4.69) is 24.4 Å². The molecule has 3 rings (SSSR count). The normalized spacial score (nSPS) is 20.0. The molecule has 0 amide bonds. The van der Waals surface area contributed by atoms with E-state index in [9.17, 15) is 5.11 Å². The second-order valence-electron chi connectivity index (χ2n) is 4.72. The van der Waals surface area contributed by atoms with Crippen LogP contribution in [0.25, 0.3) is 0 Å². The molecule has 2 heterocycles. The van der Waals surface area contributed by atoms with Crippen LogP contribution >= 0.6 is 11.3 Å². The molecule has 0 radical (unpaired) electrons. The van der Waals surface area contributed by atoms with Gasteiger partial charge in [0.15, 0.2) is 0 Å². The van der Waals surface area contributed by atoms with Crippen molar-refractivity contribution in [1.82, 2.24) is 0 Å². The quantitative estimate of drug-likeness (QED) is 0.893. The summed E-state index contributed by atoms with van der Waals surface area (Å²) in [7, 11) is 0. The van der Waals surface area contributed by atoms with Crippen LogP contribution in [-0.2, 0) is 0 Å². The van der Waals surface area contributed by atoms with E-state index in [0.29, 0.717) is 6.61 Å². The molecule has 3 heteroatoms. The number of aryl methyl sites for hydroxylation is 1. The third-order valence-electron chi connectivity index (χ3n) is 3.48. The number of aliphatic hydroxyl groups is 1. The Morgan fingerprint density at radius 1 is 1.39 bits per heavy atom. The van der Waals surface area contributed by atoms with Crippen molar-refractivity contribution < 1.29 is 9.84 Å². The number of thiophene rings is 1. The lowest BCUT2D eigenvalue weighted by Crippen LogP contribution is -2.19. The summed E-state index contributed by atoms with van der Waals surface area (Å²) in [5.74, 6) is 1.06. The summed E-state index contributed by atoms with van der Waals surface area (Å²) in [6.07, 6.45) is 0.438. The standard InChI is InChI=1S/C15H16O2S/c1-10-8-11(9-18-10)15(16)13-6-7-17-14-5-3-2-4-12(13)14/h2-5,8-9,13,15-16H,6-7H2,1H3. The van der Waals surface area contributed by atoms with Gasteiger partial charge in [0.05, 0.1) is 12.7 Å². The molecule has 0 fully saturated rings. The lowest BCUT2D eigenvalue weighted by atomic mass is 9.86. The average Bonchev–Trinajstić information content (AvgIpc) is 2.84. The maximum atomic E-state index is 10.6. The topological polar surface area (TPSA) is 29.5 Å². The molecular formula is C15H16O2S. The molecule has 2 atom stereocenters. The van der Waals surface area contributed by atoms with Gasteiger partial charge in [-0.25, -0.2) is 0 Å². The van der Waals surface area contributed by atoms with Crippen molar-refractivity contribution >= 4 is 11.3 Å². The monoisotopic (exact) mass is 260 g/mol. The predicted octanol–water partition coefficient (Wildman–Crippen LogP) is 3.66. The van der Waals surface area contributed by atoms with Gasteiger partial charge in [0.25, 0.3) is 0 Å². The fourth-order valence-corrected chi connectivity index (χ4v) is 3.28. The molecule has 94 valence electrons. The van der Waals surface area contributed by atoms with Crippen molar-refractivity contribution in [2.24, 2.45) is 0 Å². The van der Waals surface area contributed by atoms with Crippen molar-refractivity contribution in [3.63, 3.8) is 0 Å². The van der Waals surface area contributed by atoms with E-state index < -0.39 is 6.10 Å². The molecular weight excluding hydrogens is 244 g/mol. The zero-order chi connectivity index (χ0) is 12.5. The summed E-state index contributed by atoms with van der Waals surface area (Å²) < 4.78 is 5.64. The van der Waals surface area contributed by atoms with Gasteiger partial charge in [0.2, 0.25) is 0 Å². The molecule has 2 unspecified atom stereocenters. The molecule has 0 saturated heterocycles. The molecule has 0 bridgehead atoms. The minimum absolute atomic E-state index is 0.143. The lowest BCUT2D eigenvalue weighted by Gasteiger charge is -2.29. The molecule has 1 aromatic heterocycles. The summed E-state index contributed by atoms with van der Waals surface area (Å²) in [6, 6.07) is 10.1. The van der Waals surface area contributed by atoms with Gasteiger partial charge < -0.3 is 9.84 Å². The van der Waals surface area contributed by atoms with Crippen LogP contribution in [0.1, 0.15) is 34.4 Å². The van der Waals surface area contributed by atoms with Crippen molar-refractivity contribution in [1.29, 1.82) is 0 Å². The van der Waals surface area contributed by atoms with E-state index in [4.69, 9.17) is 4.74 Å². The first kappa shape index (κ1) is 11.8. The van der Waals surface area contributed by atoms with E-state index in [1.807, 2.05) is 18.2 Å². The number of hydrogen-bond donors (Lipinski definition) is 1. The van der Waals surface area contributed by atoms with Crippen LogP contribution in [0.5, 0.6) is 5.75 Å². The molecule has 2 aromatic rings. The molecule has 18 heavy (non-hydrogen) atoms. The Hall–Kier alpha value is -1.32. The Balaban J connectivity index is 1.94. The van der Waals surface area contributed by atoms with Gasteiger partial charge in [-0.05, 0) is 36.4 Å². The highest BCUT2D eigenvalue weighted by atomic mass is 32.1. The van der Waals surface area contributed by atoms with E-state index >= 15 is 0 Å². The highest BCUT2D eigenvalue weighted by Crippen LogP contribution is 2.41. The lowest BCUT2D eigenvalue weighted by molar-refractivity contribution is 0.117. The summed E-state index contributed by atoms with van der Waals surface area (Å²) >= 11 is 1.69. The van der Waals surface area contributed by atoms with E-state index in [1.54, 1.807) is 11.3 Å². The molecule has 2 nitrogen and oxygen atoms in total. The minimum Gasteiger partial charge on any atom is -0.493 e. The van der Waals surface area contributed by atoms with Gasteiger partial charge in [-0.3, -0.25) is 0 Å². The zero-order valence-corrected chi connectivity index (χ0v) is 11.1. The number of rotatable bonds is 2. The Labute approximate surface area is 111 Å². The van der Waals surface area contributed by atoms with Gasteiger partial charge in [-0.1, -0.05) is 18.2 Å². The molecule has 1 N–H and O–H groups in total. The van der Waals surface area contributed by atoms with Crippen LogP contribution < -0.4 is 4.74 Å². The van der Waals surface area contributed by atoms with Gasteiger partial charge >= 0.3 is 0 Å².